The maximum absolute atomic E-state index is 12.8. The number of pyridine rings is 1. The molecule has 0 spiro atoms. The number of sulfone groups is 2. The molecule has 2 amide bonds. The Labute approximate surface area is 267 Å². The number of aromatic nitrogens is 2. The third-order valence-corrected chi connectivity index (χ3v) is 14.2. The predicted molar refractivity (Wildman–Crippen MR) is 171 cm³/mol. The van der Waals surface area contributed by atoms with Crippen molar-refractivity contribution >= 4 is 53.8 Å². The van der Waals surface area contributed by atoms with E-state index in [1.807, 2.05) is 26.2 Å². The molecule has 254 valence electrons. The molecule has 16 heteroatoms. The fourth-order valence-corrected chi connectivity index (χ4v) is 8.83. The number of carbonyl (C=O) groups is 2. The number of anilines is 2. The van der Waals surface area contributed by atoms with E-state index in [1.54, 1.807) is 0 Å². The van der Waals surface area contributed by atoms with Crippen molar-refractivity contribution in [3.05, 3.63) is 35.0 Å². The first-order valence-electron chi connectivity index (χ1n) is 14.4. The van der Waals surface area contributed by atoms with Crippen LogP contribution in [0.4, 0.5) is 24.1 Å². The van der Waals surface area contributed by atoms with E-state index in [0.29, 0.717) is 18.0 Å². The Bertz CT molecular complexity index is 1590. The lowest BCUT2D eigenvalue weighted by molar-refractivity contribution is -0.141. The number of carbonyl (C=O) groups excluding carboxylic acids is 2. The summed E-state index contributed by atoms with van der Waals surface area (Å²) in [6.45, 7) is 14.4. The SMILES string of the molecule is CC(C)(C)c1csc(NC(=O)C(C)(C)S(=O)(=O)C2CCCC2)n1.CC(C)S(=O)(=O)C(C)(C)C(=O)Nc1cccc(C(F)(F)F)n1. The standard InChI is InChI=1S/C16H26N2O3S2.C13H17F3N2O3S/c1-15(2,3)12-10-22-14(17-12)18-13(19)16(4,5)23(20,21)11-8-6-7-9-11;1-8(2)22(20,21)12(3,4)11(19)18-10-7-5-6-9(17-10)13(14,15)16/h10-11H,6-9H2,1-5H3,(H,17,18,19);5-8H,1-4H3,(H,17,18,19). The van der Waals surface area contributed by atoms with Crippen LogP contribution in [0.5, 0.6) is 0 Å². The number of nitrogens with zero attached hydrogens (tertiary/aromatic N) is 2. The highest BCUT2D eigenvalue weighted by Gasteiger charge is 2.47. The summed E-state index contributed by atoms with van der Waals surface area (Å²) >= 11 is 1.33. The second-order valence-corrected chi connectivity index (χ2v) is 19.9. The molecule has 1 fully saturated rings. The van der Waals surface area contributed by atoms with Gasteiger partial charge in [-0.05, 0) is 66.5 Å². The zero-order chi connectivity index (χ0) is 34.8. The summed E-state index contributed by atoms with van der Waals surface area (Å²) in [4.78, 5) is 32.4. The number of nitrogens with one attached hydrogen (secondary N) is 2. The topological polar surface area (TPSA) is 152 Å². The van der Waals surface area contributed by atoms with Gasteiger partial charge in [-0.1, -0.05) is 39.7 Å². The van der Waals surface area contributed by atoms with Crippen LogP contribution >= 0.6 is 11.3 Å². The second-order valence-electron chi connectivity index (χ2n) is 13.2. The molecule has 1 aliphatic rings. The first-order chi connectivity index (χ1) is 20.3. The van der Waals surface area contributed by atoms with Crippen molar-refractivity contribution < 1.29 is 39.6 Å². The molecular weight excluding hydrogens is 654 g/mol. The van der Waals surface area contributed by atoms with Crippen molar-refractivity contribution in [2.75, 3.05) is 10.6 Å². The van der Waals surface area contributed by atoms with Crippen molar-refractivity contribution in [2.24, 2.45) is 0 Å². The van der Waals surface area contributed by atoms with Crippen LogP contribution in [0.2, 0.25) is 0 Å². The van der Waals surface area contributed by atoms with Gasteiger partial charge in [0.2, 0.25) is 11.8 Å². The smallest absolute Gasteiger partial charge is 0.309 e. The number of hydrogen-bond donors (Lipinski definition) is 2. The highest BCUT2D eigenvalue weighted by atomic mass is 32.2. The van der Waals surface area contributed by atoms with Gasteiger partial charge in [-0.2, -0.15) is 13.2 Å². The molecule has 0 bridgehead atoms. The van der Waals surface area contributed by atoms with Crippen molar-refractivity contribution in [1.29, 1.82) is 0 Å². The van der Waals surface area contributed by atoms with Crippen LogP contribution in [0.1, 0.15) is 99.4 Å². The van der Waals surface area contributed by atoms with Crippen LogP contribution in [0.15, 0.2) is 23.6 Å². The van der Waals surface area contributed by atoms with Gasteiger partial charge in [-0.3, -0.25) is 9.59 Å². The zero-order valence-corrected chi connectivity index (χ0v) is 29.4. The molecule has 2 aromatic rings. The fraction of sp³-hybridized carbons (Fsp3) is 0.655. The lowest BCUT2D eigenvalue weighted by Gasteiger charge is -2.26. The first kappa shape index (κ1) is 38.6. The molecule has 2 N–H and O–H groups in total. The maximum atomic E-state index is 12.8. The molecule has 3 rings (SSSR count). The summed E-state index contributed by atoms with van der Waals surface area (Å²) in [5, 5.41) is 5.97. The van der Waals surface area contributed by atoms with Crippen molar-refractivity contribution in [3.8, 4) is 0 Å². The minimum Gasteiger partial charge on any atom is -0.309 e. The lowest BCUT2D eigenvalue weighted by atomic mass is 9.93. The molecule has 45 heavy (non-hydrogen) atoms. The monoisotopic (exact) mass is 696 g/mol. The average Bonchev–Trinajstić information content (AvgIpc) is 3.61. The molecule has 0 aliphatic heterocycles. The highest BCUT2D eigenvalue weighted by molar-refractivity contribution is 7.94. The Kier molecular flexibility index (Phi) is 11.7. The van der Waals surface area contributed by atoms with Crippen LogP contribution < -0.4 is 10.6 Å². The molecule has 0 radical (unpaired) electrons. The van der Waals surface area contributed by atoms with Crippen LogP contribution in [0.3, 0.4) is 0 Å². The van der Waals surface area contributed by atoms with Gasteiger partial charge in [0, 0.05) is 10.8 Å². The Morgan fingerprint density at radius 1 is 0.844 bits per heavy atom. The van der Waals surface area contributed by atoms with E-state index in [2.05, 4.69) is 20.6 Å². The normalized spacial score (nSPS) is 15.4. The molecule has 1 saturated carbocycles. The molecule has 2 heterocycles. The quantitative estimate of drug-likeness (QED) is 0.333. The van der Waals surface area contributed by atoms with Gasteiger partial charge >= 0.3 is 6.18 Å². The van der Waals surface area contributed by atoms with Crippen LogP contribution in [0, 0.1) is 0 Å². The first-order valence-corrected chi connectivity index (χ1v) is 18.3. The number of hydrogen-bond acceptors (Lipinski definition) is 9. The van der Waals surface area contributed by atoms with Gasteiger partial charge in [-0.25, -0.2) is 26.8 Å². The molecule has 0 aromatic carbocycles. The summed E-state index contributed by atoms with van der Waals surface area (Å²) in [5.41, 5.74) is -0.394. The van der Waals surface area contributed by atoms with E-state index in [1.165, 1.54) is 52.9 Å². The van der Waals surface area contributed by atoms with E-state index in [0.717, 1.165) is 36.7 Å². The Balaban J connectivity index is 0.000000314. The minimum atomic E-state index is -4.65. The molecular formula is C29H43F3N4O6S3. The summed E-state index contributed by atoms with van der Waals surface area (Å²) in [6.07, 6.45) is -1.50. The van der Waals surface area contributed by atoms with Gasteiger partial charge in [0.25, 0.3) is 0 Å². The summed E-state index contributed by atoms with van der Waals surface area (Å²) in [5.74, 6) is -1.79. The largest absolute Gasteiger partial charge is 0.433 e. The Morgan fingerprint density at radius 2 is 1.38 bits per heavy atom. The van der Waals surface area contributed by atoms with Crippen LogP contribution in [-0.4, -0.2) is 58.6 Å². The van der Waals surface area contributed by atoms with Crippen molar-refractivity contribution in [1.82, 2.24) is 9.97 Å². The van der Waals surface area contributed by atoms with Crippen LogP contribution in [0.25, 0.3) is 0 Å². The van der Waals surface area contributed by atoms with E-state index in [9.17, 15) is 39.6 Å². The average molecular weight is 697 g/mol. The molecule has 10 nitrogen and oxygen atoms in total. The predicted octanol–water partition coefficient (Wildman–Crippen LogP) is 6.16. The van der Waals surface area contributed by atoms with E-state index >= 15 is 0 Å². The Morgan fingerprint density at radius 3 is 1.84 bits per heavy atom. The van der Waals surface area contributed by atoms with E-state index < -0.39 is 63.4 Å². The summed E-state index contributed by atoms with van der Waals surface area (Å²) in [7, 11) is -7.31. The molecule has 0 saturated heterocycles. The molecule has 2 aromatic heterocycles. The number of thiazole rings is 1. The fourth-order valence-electron chi connectivity index (χ4n) is 4.32. The molecule has 0 unspecified atom stereocenters. The van der Waals surface area contributed by atoms with Crippen molar-refractivity contribution in [3.63, 3.8) is 0 Å². The van der Waals surface area contributed by atoms with Gasteiger partial charge in [0.1, 0.15) is 21.0 Å². The molecule has 0 atom stereocenters. The van der Waals surface area contributed by atoms with E-state index in [4.69, 9.17) is 0 Å². The lowest BCUT2D eigenvalue weighted by Crippen LogP contribution is -2.48. The number of amides is 2. The van der Waals surface area contributed by atoms with Gasteiger partial charge < -0.3 is 10.6 Å². The minimum absolute atomic E-state index is 0.106. The molecule has 1 aliphatic carbocycles. The van der Waals surface area contributed by atoms with Crippen LogP contribution in [-0.2, 0) is 40.9 Å². The summed E-state index contributed by atoms with van der Waals surface area (Å²) in [6, 6.07) is 2.99. The van der Waals surface area contributed by atoms with Crippen molar-refractivity contribution in [2.45, 2.75) is 120 Å². The van der Waals surface area contributed by atoms with Gasteiger partial charge in [-0.15, -0.1) is 11.3 Å². The number of rotatable bonds is 8. The number of halogens is 3. The maximum Gasteiger partial charge on any atom is 0.433 e. The third-order valence-electron chi connectivity index (χ3n) is 7.65. The van der Waals surface area contributed by atoms with E-state index in [-0.39, 0.29) is 11.2 Å². The Hall–Kier alpha value is -2.59. The highest BCUT2D eigenvalue weighted by Crippen LogP contribution is 2.34. The number of alkyl halides is 3. The third kappa shape index (κ3) is 8.82. The second kappa shape index (κ2) is 13.6. The van der Waals surface area contributed by atoms with Gasteiger partial charge in [0.05, 0.1) is 16.2 Å². The summed E-state index contributed by atoms with van der Waals surface area (Å²) < 4.78 is 84.3. The van der Waals surface area contributed by atoms with Gasteiger partial charge in [0.15, 0.2) is 24.8 Å². The zero-order valence-electron chi connectivity index (χ0n) is 27.0.